The summed E-state index contributed by atoms with van der Waals surface area (Å²) in [4.78, 5) is 8.14. The molecule has 1 rings (SSSR count). The predicted molar refractivity (Wildman–Crippen MR) is 57.6 cm³/mol. The Kier molecular flexibility index (Phi) is 4.11. The van der Waals surface area contributed by atoms with Gasteiger partial charge < -0.3 is 20.9 Å². The average molecular weight is 212 g/mol. The second-order valence-corrected chi connectivity index (χ2v) is 2.94. The van der Waals surface area contributed by atoms with Crippen molar-refractivity contribution in [3.63, 3.8) is 0 Å². The van der Waals surface area contributed by atoms with Crippen molar-refractivity contribution in [3.8, 4) is 5.88 Å². The van der Waals surface area contributed by atoms with Crippen LogP contribution >= 0.6 is 0 Å². The molecule has 15 heavy (non-hydrogen) atoms. The molecule has 4 N–H and O–H groups in total. The van der Waals surface area contributed by atoms with E-state index < -0.39 is 0 Å². The molecule has 1 aromatic rings. The van der Waals surface area contributed by atoms with Crippen LogP contribution in [-0.2, 0) is 11.2 Å². The van der Waals surface area contributed by atoms with E-state index in [9.17, 15) is 0 Å². The van der Waals surface area contributed by atoms with Gasteiger partial charge in [0, 0.05) is 13.5 Å². The molecule has 0 aromatic carbocycles. The first kappa shape index (κ1) is 11.5. The highest BCUT2D eigenvalue weighted by atomic mass is 16.5. The number of rotatable bonds is 5. The molecule has 0 radical (unpaired) electrons. The molecule has 0 aliphatic rings. The summed E-state index contributed by atoms with van der Waals surface area (Å²) in [5.74, 6) is 1.21. The summed E-state index contributed by atoms with van der Waals surface area (Å²) >= 11 is 0. The van der Waals surface area contributed by atoms with E-state index >= 15 is 0 Å². The number of nitrogens with two attached hydrogens (primary N) is 2. The van der Waals surface area contributed by atoms with Crippen LogP contribution in [0.5, 0.6) is 5.88 Å². The van der Waals surface area contributed by atoms with Gasteiger partial charge in [0.1, 0.15) is 18.1 Å². The van der Waals surface area contributed by atoms with E-state index in [-0.39, 0.29) is 11.5 Å². The molecule has 0 unspecified atom stereocenters. The fourth-order valence-corrected chi connectivity index (χ4v) is 1.00. The topological polar surface area (TPSA) is 96.3 Å². The maximum Gasteiger partial charge on any atom is 0.242 e. The molecule has 0 bridgehead atoms. The molecule has 1 aromatic heterocycles. The summed E-state index contributed by atoms with van der Waals surface area (Å²) in [5, 5.41) is 0. The molecule has 0 aliphatic heterocycles. The molecule has 1 heterocycles. The van der Waals surface area contributed by atoms with Crippen LogP contribution in [-0.4, -0.2) is 30.3 Å². The molecule has 84 valence electrons. The Balaban J connectivity index is 2.80. The van der Waals surface area contributed by atoms with Gasteiger partial charge in [0.05, 0.1) is 6.61 Å². The average Bonchev–Trinajstić information content (AvgIpc) is 2.24. The number of hydrogen-bond acceptors (Lipinski definition) is 6. The Morgan fingerprint density at radius 1 is 1.20 bits per heavy atom. The van der Waals surface area contributed by atoms with Gasteiger partial charge in [-0.25, -0.2) is 4.98 Å². The third-order valence-electron chi connectivity index (χ3n) is 1.83. The van der Waals surface area contributed by atoms with Crippen molar-refractivity contribution in [2.75, 3.05) is 31.8 Å². The van der Waals surface area contributed by atoms with Gasteiger partial charge >= 0.3 is 0 Å². The van der Waals surface area contributed by atoms with Gasteiger partial charge in [-0.05, 0) is 0 Å². The van der Waals surface area contributed by atoms with Gasteiger partial charge in [-0.15, -0.1) is 0 Å². The number of nitrogens with zero attached hydrogens (tertiary/aromatic N) is 2. The molecule has 0 saturated carbocycles. The van der Waals surface area contributed by atoms with Crippen LogP contribution in [0.3, 0.4) is 0 Å². The zero-order valence-corrected chi connectivity index (χ0v) is 8.99. The van der Waals surface area contributed by atoms with E-state index in [2.05, 4.69) is 9.97 Å². The Bertz CT molecular complexity index is 330. The lowest BCUT2D eigenvalue weighted by atomic mass is 10.4. The van der Waals surface area contributed by atoms with Crippen LogP contribution in [0.4, 0.5) is 11.5 Å². The number of methoxy groups -OCH3 is 1. The maximum absolute atomic E-state index is 5.67. The molecular weight excluding hydrogens is 196 g/mol. The van der Waals surface area contributed by atoms with E-state index in [4.69, 9.17) is 20.9 Å². The normalized spacial score (nSPS) is 10.3. The molecule has 0 fully saturated rings. The fraction of sp³-hybridized carbons (Fsp3) is 0.556. The second-order valence-electron chi connectivity index (χ2n) is 2.94. The van der Waals surface area contributed by atoms with E-state index in [1.165, 1.54) is 0 Å². The van der Waals surface area contributed by atoms with E-state index in [1.807, 2.05) is 6.92 Å². The molecule has 0 amide bonds. The van der Waals surface area contributed by atoms with Crippen molar-refractivity contribution < 1.29 is 9.47 Å². The quantitative estimate of drug-likeness (QED) is 0.678. The van der Waals surface area contributed by atoms with Crippen LogP contribution in [0.2, 0.25) is 0 Å². The van der Waals surface area contributed by atoms with Gasteiger partial charge in [0.15, 0.2) is 5.82 Å². The first-order valence-electron chi connectivity index (χ1n) is 4.72. The molecule has 6 heteroatoms. The number of nitrogen functional groups attached to an aromatic ring is 2. The minimum atomic E-state index is 0.259. The number of ether oxygens (including phenoxy) is 2. The highest BCUT2D eigenvalue weighted by Crippen LogP contribution is 2.23. The third-order valence-corrected chi connectivity index (χ3v) is 1.83. The van der Waals surface area contributed by atoms with E-state index in [0.29, 0.717) is 31.3 Å². The second kappa shape index (κ2) is 5.35. The zero-order valence-electron chi connectivity index (χ0n) is 8.99. The summed E-state index contributed by atoms with van der Waals surface area (Å²) in [5.41, 5.74) is 11.6. The lowest BCUT2D eigenvalue weighted by molar-refractivity contribution is 0.144. The Morgan fingerprint density at radius 3 is 2.53 bits per heavy atom. The number of aryl methyl sites for hydroxylation is 1. The van der Waals surface area contributed by atoms with E-state index in [0.717, 1.165) is 0 Å². The number of anilines is 2. The standard InChI is InChI=1S/C9H16N4O2/c1-3-6-12-8(11)7(10)9(13-6)15-5-4-14-2/h3-5,10H2,1-2H3,(H2,11,12,13). The first-order chi connectivity index (χ1) is 7.19. The van der Waals surface area contributed by atoms with Crippen LogP contribution in [0.15, 0.2) is 0 Å². The number of hydrogen-bond donors (Lipinski definition) is 2. The highest BCUT2D eigenvalue weighted by molar-refractivity contribution is 5.64. The Morgan fingerprint density at radius 2 is 1.93 bits per heavy atom. The van der Waals surface area contributed by atoms with Gasteiger partial charge in [0.25, 0.3) is 0 Å². The highest BCUT2D eigenvalue weighted by Gasteiger charge is 2.09. The van der Waals surface area contributed by atoms with Crippen molar-refractivity contribution >= 4 is 11.5 Å². The van der Waals surface area contributed by atoms with Gasteiger partial charge in [0.2, 0.25) is 5.88 Å². The predicted octanol–water partition coefficient (Wildman–Crippen LogP) is 0.229. The van der Waals surface area contributed by atoms with Gasteiger partial charge in [-0.3, -0.25) is 0 Å². The fourth-order valence-electron chi connectivity index (χ4n) is 1.00. The lowest BCUT2D eigenvalue weighted by Crippen LogP contribution is -2.11. The Hall–Kier alpha value is -1.56. The van der Waals surface area contributed by atoms with Crippen molar-refractivity contribution in [3.05, 3.63) is 5.82 Å². The minimum Gasteiger partial charge on any atom is -0.474 e. The third kappa shape index (κ3) is 2.95. The van der Waals surface area contributed by atoms with Crippen molar-refractivity contribution in [2.24, 2.45) is 0 Å². The van der Waals surface area contributed by atoms with Crippen LogP contribution in [0, 0.1) is 0 Å². The lowest BCUT2D eigenvalue weighted by Gasteiger charge is -2.09. The largest absolute Gasteiger partial charge is 0.474 e. The summed E-state index contributed by atoms with van der Waals surface area (Å²) < 4.78 is 10.2. The molecular formula is C9H16N4O2. The SMILES string of the molecule is CCc1nc(N)c(N)c(OCCOC)n1. The summed E-state index contributed by atoms with van der Waals surface area (Å²) in [6.07, 6.45) is 0.686. The zero-order chi connectivity index (χ0) is 11.3. The summed E-state index contributed by atoms with van der Waals surface area (Å²) in [7, 11) is 1.60. The molecule has 0 atom stereocenters. The molecule has 0 spiro atoms. The van der Waals surface area contributed by atoms with Crippen LogP contribution in [0.25, 0.3) is 0 Å². The first-order valence-corrected chi connectivity index (χ1v) is 4.72. The van der Waals surface area contributed by atoms with Gasteiger partial charge in [-0.2, -0.15) is 4.98 Å². The maximum atomic E-state index is 5.67. The van der Waals surface area contributed by atoms with Crippen molar-refractivity contribution in [2.45, 2.75) is 13.3 Å². The van der Waals surface area contributed by atoms with Crippen molar-refractivity contribution in [1.29, 1.82) is 0 Å². The molecule has 0 saturated heterocycles. The molecule has 0 aliphatic carbocycles. The smallest absolute Gasteiger partial charge is 0.242 e. The van der Waals surface area contributed by atoms with Crippen LogP contribution < -0.4 is 16.2 Å². The number of aromatic nitrogens is 2. The van der Waals surface area contributed by atoms with Gasteiger partial charge in [-0.1, -0.05) is 6.92 Å². The van der Waals surface area contributed by atoms with Crippen LogP contribution in [0.1, 0.15) is 12.7 Å². The molecule has 6 nitrogen and oxygen atoms in total. The minimum absolute atomic E-state index is 0.259. The van der Waals surface area contributed by atoms with E-state index in [1.54, 1.807) is 7.11 Å². The summed E-state index contributed by atoms with van der Waals surface area (Å²) in [6, 6.07) is 0. The summed E-state index contributed by atoms with van der Waals surface area (Å²) in [6.45, 7) is 2.80. The Labute approximate surface area is 88.6 Å². The van der Waals surface area contributed by atoms with Crippen molar-refractivity contribution in [1.82, 2.24) is 9.97 Å². The monoisotopic (exact) mass is 212 g/mol.